The van der Waals surface area contributed by atoms with E-state index in [-0.39, 0.29) is 0 Å². The SMILES string of the molecule is COC(=O)OCS(=O)(=O)F. The summed E-state index contributed by atoms with van der Waals surface area (Å²) in [6.45, 7) is 0. The van der Waals surface area contributed by atoms with Gasteiger partial charge in [0.1, 0.15) is 0 Å². The average Bonchev–Trinajstić information content (AvgIpc) is 1.81. The summed E-state index contributed by atoms with van der Waals surface area (Å²) in [7, 11) is -3.77. The molecule has 0 aromatic carbocycles. The number of carbonyl (C=O) groups is 1. The molecule has 10 heavy (non-hydrogen) atoms. The average molecular weight is 172 g/mol. The molecule has 5 nitrogen and oxygen atoms in total. The minimum absolute atomic E-state index is 0.979. The summed E-state index contributed by atoms with van der Waals surface area (Å²) in [5.74, 6) is -1.31. The second kappa shape index (κ2) is 3.35. The number of rotatable bonds is 2. The van der Waals surface area contributed by atoms with Gasteiger partial charge < -0.3 is 9.47 Å². The molecular weight excluding hydrogens is 167 g/mol. The lowest BCUT2D eigenvalue weighted by Crippen LogP contribution is -2.10. The molecule has 0 aliphatic carbocycles. The van der Waals surface area contributed by atoms with Crippen molar-refractivity contribution < 1.29 is 26.6 Å². The second-order valence-corrected chi connectivity index (χ2v) is 2.57. The fourth-order valence-electron chi connectivity index (χ4n) is 0.177. The maximum Gasteiger partial charge on any atom is 0.509 e. The van der Waals surface area contributed by atoms with Gasteiger partial charge in [-0.25, -0.2) is 4.79 Å². The molecule has 0 spiro atoms. The van der Waals surface area contributed by atoms with Crippen LogP contribution >= 0.6 is 0 Å². The Balaban J connectivity index is 3.67. The van der Waals surface area contributed by atoms with E-state index in [1.807, 2.05) is 0 Å². The van der Waals surface area contributed by atoms with Crippen molar-refractivity contribution in [1.29, 1.82) is 0 Å². The number of halogens is 1. The monoisotopic (exact) mass is 172 g/mol. The maximum atomic E-state index is 11.5. The Morgan fingerprint density at radius 1 is 1.60 bits per heavy atom. The van der Waals surface area contributed by atoms with E-state index in [1.54, 1.807) is 0 Å². The zero-order valence-electron chi connectivity index (χ0n) is 5.03. The summed E-state index contributed by atoms with van der Waals surface area (Å²) in [6.07, 6.45) is -1.23. The van der Waals surface area contributed by atoms with Crippen molar-refractivity contribution in [2.45, 2.75) is 0 Å². The summed E-state index contributed by atoms with van der Waals surface area (Å²) in [4.78, 5) is 9.98. The summed E-state index contributed by atoms with van der Waals surface area (Å²) in [5, 5.41) is 0. The fourth-order valence-corrected chi connectivity index (χ4v) is 0.414. The standard InChI is InChI=1S/C3H5FO5S/c1-8-3(5)9-2-10(4,6)7/h2H2,1H3. The van der Waals surface area contributed by atoms with Gasteiger partial charge in [0.05, 0.1) is 7.11 Å². The van der Waals surface area contributed by atoms with E-state index in [0.717, 1.165) is 7.11 Å². The van der Waals surface area contributed by atoms with Crippen LogP contribution in [0.4, 0.5) is 8.68 Å². The maximum absolute atomic E-state index is 11.5. The van der Waals surface area contributed by atoms with Crippen LogP contribution < -0.4 is 0 Å². The lowest BCUT2D eigenvalue weighted by molar-refractivity contribution is 0.0855. The van der Waals surface area contributed by atoms with E-state index in [2.05, 4.69) is 9.47 Å². The van der Waals surface area contributed by atoms with Crippen LogP contribution in [0.1, 0.15) is 0 Å². The molecule has 0 aliphatic rings. The van der Waals surface area contributed by atoms with E-state index in [1.165, 1.54) is 0 Å². The summed E-state index contributed by atoms with van der Waals surface area (Å²) >= 11 is 0. The molecule has 0 rings (SSSR count). The van der Waals surface area contributed by atoms with Gasteiger partial charge in [0.25, 0.3) is 0 Å². The van der Waals surface area contributed by atoms with Crippen LogP contribution in [0.3, 0.4) is 0 Å². The normalized spacial score (nSPS) is 10.6. The van der Waals surface area contributed by atoms with Crippen LogP contribution in [0, 0.1) is 0 Å². The van der Waals surface area contributed by atoms with Crippen LogP contribution in [-0.4, -0.2) is 27.6 Å². The second-order valence-electron chi connectivity index (χ2n) is 1.26. The largest absolute Gasteiger partial charge is 0.509 e. The molecule has 0 N–H and O–H groups in total. The Hall–Kier alpha value is -0.850. The third-order valence-corrected chi connectivity index (χ3v) is 0.884. The third kappa shape index (κ3) is 5.29. The molecule has 0 unspecified atom stereocenters. The van der Waals surface area contributed by atoms with Crippen LogP contribution in [0.5, 0.6) is 0 Å². The van der Waals surface area contributed by atoms with Gasteiger partial charge in [0, 0.05) is 0 Å². The van der Waals surface area contributed by atoms with Gasteiger partial charge in [0.15, 0.2) is 0 Å². The molecule has 60 valence electrons. The Morgan fingerprint density at radius 3 is 2.40 bits per heavy atom. The van der Waals surface area contributed by atoms with Gasteiger partial charge in [-0.2, -0.15) is 8.42 Å². The predicted molar refractivity (Wildman–Crippen MR) is 28.4 cm³/mol. The molecule has 0 aromatic rings. The zero-order valence-corrected chi connectivity index (χ0v) is 5.85. The van der Waals surface area contributed by atoms with Crippen LogP contribution in [0.25, 0.3) is 0 Å². The molecular formula is C3H5FO5S. The number of methoxy groups -OCH3 is 1. The zero-order chi connectivity index (χ0) is 8.20. The van der Waals surface area contributed by atoms with Crippen molar-refractivity contribution in [3.05, 3.63) is 0 Å². The van der Waals surface area contributed by atoms with Crippen LogP contribution in [0.15, 0.2) is 0 Å². The number of carbonyl (C=O) groups excluding carboxylic acids is 1. The Labute approximate surface area is 56.9 Å². The lowest BCUT2D eigenvalue weighted by atomic mass is 11.3. The van der Waals surface area contributed by atoms with E-state index < -0.39 is 22.3 Å². The lowest BCUT2D eigenvalue weighted by Gasteiger charge is -1.96. The van der Waals surface area contributed by atoms with Gasteiger partial charge in [-0.05, 0) is 0 Å². The molecule has 0 aliphatic heterocycles. The topological polar surface area (TPSA) is 69.7 Å². The highest BCUT2D eigenvalue weighted by Gasteiger charge is 2.10. The molecule has 0 fully saturated rings. The predicted octanol–water partition coefficient (Wildman–Crippen LogP) is 0.0262. The summed E-state index contributed by atoms with van der Waals surface area (Å²) in [5.41, 5.74) is 0. The first-order chi connectivity index (χ1) is 4.45. The van der Waals surface area contributed by atoms with E-state index in [9.17, 15) is 17.1 Å². The highest BCUT2D eigenvalue weighted by Crippen LogP contribution is 1.92. The van der Waals surface area contributed by atoms with Crippen molar-refractivity contribution in [3.63, 3.8) is 0 Å². The van der Waals surface area contributed by atoms with Crippen molar-refractivity contribution in [3.8, 4) is 0 Å². The Kier molecular flexibility index (Phi) is 3.07. The number of ether oxygens (including phenoxy) is 2. The quantitative estimate of drug-likeness (QED) is 0.434. The smallest absolute Gasteiger partial charge is 0.438 e. The molecule has 0 amide bonds. The fraction of sp³-hybridized carbons (Fsp3) is 0.667. The molecule has 0 saturated heterocycles. The van der Waals surface area contributed by atoms with Gasteiger partial charge in [0.2, 0.25) is 5.94 Å². The Morgan fingerprint density at radius 2 is 2.10 bits per heavy atom. The van der Waals surface area contributed by atoms with Crippen LogP contribution in [-0.2, 0) is 19.7 Å². The van der Waals surface area contributed by atoms with Crippen molar-refractivity contribution >= 4 is 16.4 Å². The molecule has 0 atom stereocenters. The Bertz CT molecular complexity index is 207. The molecule has 0 aromatic heterocycles. The first-order valence-electron chi connectivity index (χ1n) is 2.09. The minimum Gasteiger partial charge on any atom is -0.438 e. The molecule has 0 saturated carbocycles. The van der Waals surface area contributed by atoms with Gasteiger partial charge in [-0.1, -0.05) is 0 Å². The van der Waals surface area contributed by atoms with E-state index >= 15 is 0 Å². The molecule has 0 radical (unpaired) electrons. The third-order valence-electron chi connectivity index (χ3n) is 0.484. The number of hydrogen-bond donors (Lipinski definition) is 0. The van der Waals surface area contributed by atoms with Gasteiger partial charge in [-0.3, -0.25) is 0 Å². The van der Waals surface area contributed by atoms with Gasteiger partial charge >= 0.3 is 16.4 Å². The van der Waals surface area contributed by atoms with Crippen molar-refractivity contribution in [2.75, 3.05) is 13.0 Å². The first-order valence-corrected chi connectivity index (χ1v) is 3.64. The highest BCUT2D eigenvalue weighted by atomic mass is 32.3. The minimum atomic E-state index is -4.75. The van der Waals surface area contributed by atoms with E-state index in [4.69, 9.17) is 0 Å². The van der Waals surface area contributed by atoms with Crippen molar-refractivity contribution in [1.82, 2.24) is 0 Å². The van der Waals surface area contributed by atoms with Gasteiger partial charge in [-0.15, -0.1) is 3.89 Å². The van der Waals surface area contributed by atoms with E-state index in [0.29, 0.717) is 0 Å². The van der Waals surface area contributed by atoms with Crippen molar-refractivity contribution in [2.24, 2.45) is 0 Å². The summed E-state index contributed by atoms with van der Waals surface area (Å²) in [6, 6.07) is 0. The first kappa shape index (κ1) is 9.15. The molecule has 0 heterocycles. The molecule has 7 heteroatoms. The molecule has 0 bridgehead atoms. The highest BCUT2D eigenvalue weighted by molar-refractivity contribution is 7.86. The number of hydrogen-bond acceptors (Lipinski definition) is 5. The summed E-state index contributed by atoms with van der Waals surface area (Å²) < 4.78 is 38.4. The van der Waals surface area contributed by atoms with Crippen LogP contribution in [0.2, 0.25) is 0 Å².